The van der Waals surface area contributed by atoms with Gasteiger partial charge in [0.05, 0.1) is 39.0 Å². The minimum atomic E-state index is -0.623. The van der Waals surface area contributed by atoms with E-state index in [1.807, 2.05) is 0 Å². The Hall–Kier alpha value is -2.76. The summed E-state index contributed by atoms with van der Waals surface area (Å²) in [5.74, 6) is 0.0368. The number of anilines is 1. The number of cyclic esters (lactones) is 1. The first-order valence-electron chi connectivity index (χ1n) is 9.25. The first kappa shape index (κ1) is 22.5. The number of benzene rings is 1. The van der Waals surface area contributed by atoms with E-state index in [9.17, 15) is 9.18 Å². The monoisotopic (exact) mass is 412 g/mol. The van der Waals surface area contributed by atoms with Crippen molar-refractivity contribution in [2.24, 2.45) is 11.5 Å². The third-order valence-electron chi connectivity index (χ3n) is 4.57. The summed E-state index contributed by atoms with van der Waals surface area (Å²) < 4.78 is 22.9. The molecule has 0 saturated carbocycles. The Balaban J connectivity index is 1.98. The molecule has 1 aliphatic rings. The molecule has 160 valence electrons. The smallest absolute Gasteiger partial charge is 0.414 e. The summed E-state index contributed by atoms with van der Waals surface area (Å²) in [5, 5.41) is 21.2. The van der Waals surface area contributed by atoms with E-state index >= 15 is 0 Å². The third-order valence-corrected chi connectivity index (χ3v) is 4.57. The number of aliphatic hydroxyl groups is 2. The van der Waals surface area contributed by atoms with Gasteiger partial charge in [-0.05, 0) is 12.1 Å². The zero-order valence-corrected chi connectivity index (χ0v) is 16.4. The molecule has 1 aromatic carbocycles. The Bertz CT molecular complexity index is 786. The van der Waals surface area contributed by atoms with Gasteiger partial charge in [-0.2, -0.15) is 0 Å². The molecule has 0 unspecified atom stereocenters. The molecule has 1 atom stereocenters. The molecule has 7 N–H and O–H groups in total. The summed E-state index contributed by atoms with van der Waals surface area (Å²) in [6.07, 6.45) is 0.0323. The van der Waals surface area contributed by atoms with Crippen LogP contribution in [0, 0.1) is 5.82 Å². The number of nitrogens with one attached hydrogen (secondary N) is 1. The van der Waals surface area contributed by atoms with Crippen LogP contribution in [0.25, 0.3) is 0 Å². The fourth-order valence-corrected chi connectivity index (χ4v) is 2.84. The Kier molecular flexibility index (Phi) is 8.31. The van der Waals surface area contributed by atoms with Crippen molar-refractivity contribution >= 4 is 29.6 Å². The number of carbonyl (C=O) groups is 1. The van der Waals surface area contributed by atoms with Crippen LogP contribution >= 0.6 is 0 Å². The third kappa shape index (κ3) is 5.86. The van der Waals surface area contributed by atoms with Gasteiger partial charge < -0.3 is 20.3 Å². The number of hydrogen-bond acceptors (Lipinski definition) is 5. The Morgan fingerprint density at radius 2 is 2.21 bits per heavy atom. The number of hydrogen-bond donors (Lipinski definition) is 5. The maximum atomic E-state index is 14.7. The molecule has 0 radical (unpaired) electrons. The van der Waals surface area contributed by atoms with Gasteiger partial charge >= 0.3 is 6.09 Å². The number of rotatable bonds is 10. The van der Waals surface area contributed by atoms with Crippen molar-refractivity contribution in [1.82, 2.24) is 5.32 Å². The van der Waals surface area contributed by atoms with E-state index in [1.54, 1.807) is 22.3 Å². The highest BCUT2D eigenvalue weighted by Gasteiger charge is 2.32. The van der Waals surface area contributed by atoms with Crippen LogP contribution in [0.1, 0.15) is 0 Å². The molecule has 1 aliphatic heterocycles. The molecule has 10 nitrogen and oxygen atoms in total. The number of carbonyl (C=O) groups excluding carboxylic acids is 1. The van der Waals surface area contributed by atoms with Gasteiger partial charge in [0, 0.05) is 12.6 Å². The number of halogens is 1. The standard InChI is InChI=1S/C18H27FN6O4/c1-23(6-7-26)17(21)9-22-4-5-24(12-20)16-3-2-13(8-15(16)19)25-10-14(11-27)29-18(25)28/h2-3,8,12,14,20-22,26-27H,4-7,9-11H2,1H3/p+2/t14-/m1/s1. The second-order valence-electron chi connectivity index (χ2n) is 6.59. The van der Waals surface area contributed by atoms with Gasteiger partial charge in [-0.1, -0.05) is 0 Å². The molecule has 0 spiro atoms. The molecular formula is C18H29FN6O4+2. The zero-order chi connectivity index (χ0) is 21.4. The number of nitrogens with two attached hydrogens (primary N) is 2. The number of aliphatic hydroxyl groups excluding tert-OH is 2. The van der Waals surface area contributed by atoms with E-state index in [0.717, 1.165) is 0 Å². The van der Waals surface area contributed by atoms with Gasteiger partial charge in [-0.3, -0.25) is 20.9 Å². The Morgan fingerprint density at radius 3 is 2.79 bits per heavy atom. The van der Waals surface area contributed by atoms with Gasteiger partial charge in [0.25, 0.3) is 5.84 Å². The Morgan fingerprint density at radius 1 is 1.45 bits per heavy atom. The summed E-state index contributed by atoms with van der Waals surface area (Å²) >= 11 is 0. The largest absolute Gasteiger partial charge is 0.441 e. The molecule has 11 heteroatoms. The van der Waals surface area contributed by atoms with Gasteiger partial charge in [0.2, 0.25) is 6.34 Å². The maximum Gasteiger partial charge on any atom is 0.414 e. The quantitative estimate of drug-likeness (QED) is 0.134. The minimum absolute atomic E-state index is 0.0121. The number of ether oxygens (including phenoxy) is 1. The van der Waals surface area contributed by atoms with Crippen molar-refractivity contribution < 1.29 is 33.3 Å². The average Bonchev–Trinajstić information content (AvgIpc) is 3.09. The molecule has 2 rings (SSSR count). The minimum Gasteiger partial charge on any atom is -0.441 e. The second-order valence-corrected chi connectivity index (χ2v) is 6.59. The van der Waals surface area contributed by atoms with Crippen LogP contribution in [0.3, 0.4) is 0 Å². The van der Waals surface area contributed by atoms with Gasteiger partial charge in [-0.25, -0.2) is 13.8 Å². The van der Waals surface area contributed by atoms with Crippen LogP contribution in [0.4, 0.5) is 20.6 Å². The molecule has 1 saturated heterocycles. The summed E-state index contributed by atoms with van der Waals surface area (Å²) in [5.41, 5.74) is 12.2. The highest BCUT2D eigenvalue weighted by atomic mass is 19.1. The van der Waals surface area contributed by atoms with Crippen molar-refractivity contribution in [3.63, 3.8) is 0 Å². The van der Waals surface area contributed by atoms with Crippen molar-refractivity contribution in [2.75, 3.05) is 57.9 Å². The van der Waals surface area contributed by atoms with Crippen molar-refractivity contribution in [2.45, 2.75) is 6.10 Å². The number of nitrogens with zero attached hydrogens (tertiary/aromatic N) is 3. The summed E-state index contributed by atoms with van der Waals surface area (Å²) in [6.45, 7) is 1.62. The van der Waals surface area contributed by atoms with E-state index in [1.165, 1.54) is 23.4 Å². The van der Waals surface area contributed by atoms with Crippen LogP contribution in [-0.2, 0) is 4.74 Å². The lowest BCUT2D eigenvalue weighted by molar-refractivity contribution is -0.501. The van der Waals surface area contributed by atoms with Crippen molar-refractivity contribution in [3.8, 4) is 0 Å². The van der Waals surface area contributed by atoms with E-state index < -0.39 is 18.0 Å². The zero-order valence-electron chi connectivity index (χ0n) is 16.4. The van der Waals surface area contributed by atoms with E-state index in [-0.39, 0.29) is 25.4 Å². The fourth-order valence-electron chi connectivity index (χ4n) is 2.84. The predicted molar refractivity (Wildman–Crippen MR) is 106 cm³/mol. The second kappa shape index (κ2) is 10.7. The SMILES string of the molecule is C[N+](CCO)=C(N)CNCC[N+](=CN)c1ccc(N2C[C@H](CO)OC2=O)cc1F. The van der Waals surface area contributed by atoms with Gasteiger partial charge in [-0.15, -0.1) is 0 Å². The van der Waals surface area contributed by atoms with E-state index in [4.69, 9.17) is 26.4 Å². The van der Waals surface area contributed by atoms with Gasteiger partial charge in [0.15, 0.2) is 11.5 Å². The lowest BCUT2D eigenvalue weighted by Gasteiger charge is -2.14. The topological polar surface area (TPSA) is 140 Å². The normalized spacial score (nSPS) is 18.1. The van der Waals surface area contributed by atoms with Gasteiger partial charge in [0.1, 0.15) is 19.2 Å². The number of amidine groups is 1. The molecular weight excluding hydrogens is 383 g/mol. The molecule has 0 aromatic heterocycles. The first-order valence-corrected chi connectivity index (χ1v) is 9.25. The summed E-state index contributed by atoms with van der Waals surface area (Å²) in [6, 6.07) is 4.36. The summed E-state index contributed by atoms with van der Waals surface area (Å²) in [4.78, 5) is 13.1. The number of likely N-dealkylation sites (N-methyl/N-ethyl adjacent to an activating group) is 1. The van der Waals surface area contributed by atoms with Crippen molar-refractivity contribution in [1.29, 1.82) is 0 Å². The van der Waals surface area contributed by atoms with Crippen LogP contribution in [0.2, 0.25) is 0 Å². The molecule has 1 heterocycles. The lowest BCUT2D eigenvalue weighted by Crippen LogP contribution is -2.39. The van der Waals surface area contributed by atoms with E-state index in [2.05, 4.69) is 5.32 Å². The highest BCUT2D eigenvalue weighted by Crippen LogP contribution is 2.27. The predicted octanol–water partition coefficient (Wildman–Crippen LogP) is -1.64. The fraction of sp³-hybridized carbons (Fsp3) is 0.500. The number of amides is 1. The maximum absolute atomic E-state index is 14.7. The van der Waals surface area contributed by atoms with Crippen LogP contribution in [0.5, 0.6) is 0 Å². The van der Waals surface area contributed by atoms with E-state index in [0.29, 0.717) is 37.7 Å². The van der Waals surface area contributed by atoms with Crippen LogP contribution < -0.4 is 21.7 Å². The molecule has 0 aliphatic carbocycles. The highest BCUT2D eigenvalue weighted by molar-refractivity contribution is 5.89. The molecule has 29 heavy (non-hydrogen) atoms. The average molecular weight is 412 g/mol. The molecule has 1 fully saturated rings. The molecule has 1 aromatic rings. The Labute approximate surface area is 168 Å². The van der Waals surface area contributed by atoms with Crippen LogP contribution in [-0.4, -0.2) is 96.7 Å². The van der Waals surface area contributed by atoms with Crippen LogP contribution in [0.15, 0.2) is 18.2 Å². The molecule has 1 amide bonds. The first-order chi connectivity index (χ1) is 13.9. The molecule has 0 bridgehead atoms. The lowest BCUT2D eigenvalue weighted by atomic mass is 10.2. The van der Waals surface area contributed by atoms with Crippen molar-refractivity contribution in [3.05, 3.63) is 24.0 Å². The summed E-state index contributed by atoms with van der Waals surface area (Å²) in [7, 11) is 1.78.